The molecule has 0 aromatic carbocycles. The van der Waals surface area contributed by atoms with Gasteiger partial charge in [-0.3, -0.25) is 4.79 Å². The Hall–Kier alpha value is -0.660. The summed E-state index contributed by atoms with van der Waals surface area (Å²) in [5.41, 5.74) is 5.12. The monoisotopic (exact) mass is 264 g/mol. The molecule has 1 aliphatic rings. The Kier molecular flexibility index (Phi) is 4.51. The molecule has 2 N–H and O–H groups in total. The molecule has 0 radical (unpaired) electrons. The first kappa shape index (κ1) is 14.4. The Morgan fingerprint density at radius 1 is 1.41 bits per heavy atom. The lowest BCUT2D eigenvalue weighted by Gasteiger charge is -2.35. The molecule has 7 heteroatoms. The van der Waals surface area contributed by atoms with E-state index in [-0.39, 0.29) is 18.2 Å². The average molecular weight is 264 g/mol. The van der Waals surface area contributed by atoms with Crippen molar-refractivity contribution in [2.75, 3.05) is 38.8 Å². The molecule has 1 fully saturated rings. The summed E-state index contributed by atoms with van der Waals surface area (Å²) in [5.74, 6) is -0.244. The molecule has 0 bridgehead atoms. The van der Waals surface area contributed by atoms with Crippen LogP contribution in [0.1, 0.15) is 12.8 Å². The van der Waals surface area contributed by atoms with Crippen LogP contribution < -0.4 is 5.73 Å². The van der Waals surface area contributed by atoms with Gasteiger partial charge in [-0.1, -0.05) is 0 Å². The molecule has 0 spiro atoms. The summed E-state index contributed by atoms with van der Waals surface area (Å²) < 4.78 is 27.2. The third kappa shape index (κ3) is 4.25. The first-order chi connectivity index (χ1) is 7.75. The average Bonchev–Trinajstić information content (AvgIpc) is 2.25. The second-order valence-corrected chi connectivity index (χ2v) is 6.88. The van der Waals surface area contributed by atoms with Crippen LogP contribution in [0, 0.1) is 0 Å². The molecule has 0 unspecified atom stereocenters. The molecule has 0 aromatic rings. The van der Waals surface area contributed by atoms with Gasteiger partial charge in [-0.05, 0) is 12.8 Å². The van der Waals surface area contributed by atoms with Crippen molar-refractivity contribution in [1.29, 1.82) is 0 Å². The molecular formula is C10H20N2O4S. The van der Waals surface area contributed by atoms with Crippen LogP contribution in [0.25, 0.3) is 0 Å². The Balaban J connectivity index is 2.56. The first-order valence-electron chi connectivity index (χ1n) is 5.54. The van der Waals surface area contributed by atoms with E-state index in [1.807, 2.05) is 0 Å². The summed E-state index contributed by atoms with van der Waals surface area (Å²) in [6.07, 6.45) is 2.11. The number of hydrogen-bond acceptors (Lipinski definition) is 5. The predicted octanol–water partition coefficient (Wildman–Crippen LogP) is -1.00. The number of amides is 1. The third-order valence-electron chi connectivity index (χ3n) is 2.96. The van der Waals surface area contributed by atoms with Crippen molar-refractivity contribution in [2.45, 2.75) is 18.4 Å². The van der Waals surface area contributed by atoms with Crippen molar-refractivity contribution in [3.63, 3.8) is 0 Å². The van der Waals surface area contributed by atoms with E-state index in [1.165, 1.54) is 4.90 Å². The maximum atomic E-state index is 12.1. The summed E-state index contributed by atoms with van der Waals surface area (Å²) in [7, 11) is -1.48. The summed E-state index contributed by atoms with van der Waals surface area (Å²) in [4.78, 5) is 13.5. The van der Waals surface area contributed by atoms with Gasteiger partial charge in [-0.2, -0.15) is 0 Å². The van der Waals surface area contributed by atoms with Crippen LogP contribution in [-0.4, -0.2) is 63.6 Å². The Bertz CT molecular complexity index is 374. The number of ether oxygens (including phenoxy) is 1. The minimum absolute atomic E-state index is 0.0399. The zero-order chi connectivity index (χ0) is 13.1. The van der Waals surface area contributed by atoms with Crippen LogP contribution in [0.4, 0.5) is 0 Å². The molecule has 6 nitrogen and oxygen atoms in total. The number of hydrogen-bond donors (Lipinski definition) is 1. The van der Waals surface area contributed by atoms with Gasteiger partial charge in [-0.15, -0.1) is 0 Å². The Morgan fingerprint density at radius 3 is 2.41 bits per heavy atom. The molecule has 0 aromatic heterocycles. The predicted molar refractivity (Wildman–Crippen MR) is 64.3 cm³/mol. The zero-order valence-corrected chi connectivity index (χ0v) is 11.1. The van der Waals surface area contributed by atoms with Crippen molar-refractivity contribution >= 4 is 15.7 Å². The highest BCUT2D eigenvalue weighted by Gasteiger charge is 2.37. The molecule has 100 valence electrons. The number of nitrogens with two attached hydrogens (primary N) is 1. The van der Waals surface area contributed by atoms with Crippen LogP contribution in [0.5, 0.6) is 0 Å². The van der Waals surface area contributed by atoms with Gasteiger partial charge in [0.25, 0.3) is 0 Å². The maximum absolute atomic E-state index is 12.1. The fourth-order valence-corrected chi connectivity index (χ4v) is 2.34. The zero-order valence-electron chi connectivity index (χ0n) is 10.3. The lowest BCUT2D eigenvalue weighted by molar-refractivity contribution is -0.138. The largest absolute Gasteiger partial charge is 0.381 e. The smallest absolute Gasteiger partial charge is 0.242 e. The van der Waals surface area contributed by atoms with E-state index in [2.05, 4.69) is 0 Å². The van der Waals surface area contributed by atoms with Crippen LogP contribution in [0.15, 0.2) is 0 Å². The van der Waals surface area contributed by atoms with Crippen molar-refractivity contribution in [2.24, 2.45) is 5.73 Å². The number of sulfone groups is 1. The quantitative estimate of drug-likeness (QED) is 0.703. The van der Waals surface area contributed by atoms with Crippen LogP contribution in [0.2, 0.25) is 0 Å². The molecule has 0 saturated carbocycles. The van der Waals surface area contributed by atoms with Gasteiger partial charge in [-0.25, -0.2) is 8.42 Å². The highest BCUT2D eigenvalue weighted by molar-refractivity contribution is 7.90. The van der Waals surface area contributed by atoms with Crippen molar-refractivity contribution in [3.8, 4) is 0 Å². The molecule has 0 aliphatic carbocycles. The minimum atomic E-state index is -3.06. The fraction of sp³-hybridized carbons (Fsp3) is 0.900. The number of rotatable bonds is 4. The minimum Gasteiger partial charge on any atom is -0.381 e. The van der Waals surface area contributed by atoms with E-state index in [0.717, 1.165) is 6.26 Å². The highest BCUT2D eigenvalue weighted by atomic mass is 32.2. The number of carbonyl (C=O) groups is 1. The van der Waals surface area contributed by atoms with E-state index in [1.54, 1.807) is 7.05 Å². The molecule has 1 amide bonds. The van der Waals surface area contributed by atoms with Gasteiger partial charge >= 0.3 is 0 Å². The second kappa shape index (κ2) is 5.32. The Labute approximate surface area is 102 Å². The van der Waals surface area contributed by atoms with Crippen molar-refractivity contribution in [3.05, 3.63) is 0 Å². The SMILES string of the molecule is CN(CCS(C)(=O)=O)C(=O)C1(N)CCOCC1. The number of likely N-dealkylation sites (N-methyl/N-ethyl adjacent to an activating group) is 1. The van der Waals surface area contributed by atoms with E-state index in [9.17, 15) is 13.2 Å². The molecule has 1 rings (SSSR count). The fourth-order valence-electron chi connectivity index (χ4n) is 1.73. The highest BCUT2D eigenvalue weighted by Crippen LogP contribution is 2.19. The van der Waals surface area contributed by atoms with Gasteiger partial charge in [0.2, 0.25) is 5.91 Å². The van der Waals surface area contributed by atoms with Gasteiger partial charge in [0, 0.05) is 33.1 Å². The molecule has 1 heterocycles. The van der Waals surface area contributed by atoms with E-state index < -0.39 is 15.4 Å². The summed E-state index contributed by atoms with van der Waals surface area (Å²) in [5, 5.41) is 0. The molecule has 17 heavy (non-hydrogen) atoms. The topological polar surface area (TPSA) is 89.7 Å². The number of nitrogens with zero attached hydrogens (tertiary/aromatic N) is 1. The van der Waals surface area contributed by atoms with Gasteiger partial charge in [0.05, 0.1) is 11.3 Å². The van der Waals surface area contributed by atoms with Gasteiger partial charge in [0.15, 0.2) is 0 Å². The molecule has 0 atom stereocenters. The molecular weight excluding hydrogens is 244 g/mol. The standard InChI is InChI=1S/C10H20N2O4S/c1-12(5-8-17(2,14)15)9(13)10(11)3-6-16-7-4-10/h3-8,11H2,1-2H3. The first-order valence-corrected chi connectivity index (χ1v) is 7.61. The van der Waals surface area contributed by atoms with Crippen LogP contribution in [-0.2, 0) is 19.4 Å². The van der Waals surface area contributed by atoms with E-state index >= 15 is 0 Å². The van der Waals surface area contributed by atoms with Crippen LogP contribution >= 0.6 is 0 Å². The van der Waals surface area contributed by atoms with Gasteiger partial charge in [0.1, 0.15) is 9.84 Å². The van der Waals surface area contributed by atoms with E-state index in [4.69, 9.17) is 10.5 Å². The summed E-state index contributed by atoms with van der Waals surface area (Å²) in [6.45, 7) is 1.13. The molecule has 1 saturated heterocycles. The summed E-state index contributed by atoms with van der Waals surface area (Å²) in [6, 6.07) is 0. The lowest BCUT2D eigenvalue weighted by Crippen LogP contribution is -2.57. The van der Waals surface area contributed by atoms with Crippen molar-refractivity contribution in [1.82, 2.24) is 4.90 Å². The Morgan fingerprint density at radius 2 is 1.94 bits per heavy atom. The van der Waals surface area contributed by atoms with Crippen molar-refractivity contribution < 1.29 is 17.9 Å². The van der Waals surface area contributed by atoms with E-state index in [0.29, 0.717) is 26.1 Å². The number of carbonyl (C=O) groups excluding carboxylic acids is 1. The third-order valence-corrected chi connectivity index (χ3v) is 3.88. The van der Waals surface area contributed by atoms with Crippen LogP contribution in [0.3, 0.4) is 0 Å². The summed E-state index contributed by atoms with van der Waals surface area (Å²) >= 11 is 0. The second-order valence-electron chi connectivity index (χ2n) is 4.63. The van der Waals surface area contributed by atoms with Gasteiger partial charge < -0.3 is 15.4 Å². The normalized spacial score (nSPS) is 19.9. The lowest BCUT2D eigenvalue weighted by atomic mass is 9.90. The molecule has 1 aliphatic heterocycles. The maximum Gasteiger partial charge on any atom is 0.242 e.